The Morgan fingerprint density at radius 3 is 2.04 bits per heavy atom. The van der Waals surface area contributed by atoms with Crippen molar-refractivity contribution in [2.75, 3.05) is 4.90 Å². The minimum atomic E-state index is -3.59. The highest BCUT2D eigenvalue weighted by atomic mass is 15.2. The van der Waals surface area contributed by atoms with Gasteiger partial charge in [-0.3, -0.25) is 0 Å². The van der Waals surface area contributed by atoms with E-state index in [1.807, 2.05) is 68.4 Å². The molecule has 3 aliphatic rings. The van der Waals surface area contributed by atoms with Crippen molar-refractivity contribution in [3.8, 4) is 44.8 Å². The molecule has 69 heavy (non-hydrogen) atoms. The topological polar surface area (TPSA) is 13.1 Å². The van der Waals surface area contributed by atoms with Crippen LogP contribution >= 0.6 is 0 Å². The highest BCUT2D eigenvalue weighted by Crippen LogP contribution is 2.51. The first-order valence-electron chi connectivity index (χ1n) is 30.8. The van der Waals surface area contributed by atoms with E-state index in [9.17, 15) is 4.11 Å². The standard InChI is InChI=1S/C65H48BN3/c1-38(2)41-27-29-55-52(33-41)66-53-34-42(39-16-8-6-9-17-39)32-51-50-35-43(65(3,4)5)28-31-54(50)69(64(51)53)59-37-45(36-58(63(59)66)67(55)44-19-10-7-11-20-44)68-56-25-15-24-49-47-22-13-12-21-46(47)48-23-14-18-40-26-30-57(68)62(60(40)48)61(49)56/h6-38H,1-5H3/i3D3,4D3,5D3,6D,8D,9D,16D,17D,38D. The number of rotatable bonds is 4. The van der Waals surface area contributed by atoms with Gasteiger partial charge in [0.05, 0.1) is 29.1 Å². The molecule has 4 heterocycles. The maximum Gasteiger partial charge on any atom is 0.252 e. The van der Waals surface area contributed by atoms with Crippen molar-refractivity contribution in [1.82, 2.24) is 9.13 Å². The Morgan fingerprint density at radius 1 is 0.522 bits per heavy atom. The Morgan fingerprint density at radius 2 is 1.25 bits per heavy atom. The van der Waals surface area contributed by atoms with Gasteiger partial charge in [0.15, 0.2) is 0 Å². The number of hydrogen-bond donors (Lipinski definition) is 0. The van der Waals surface area contributed by atoms with Gasteiger partial charge in [-0.15, -0.1) is 0 Å². The molecular formula is C65H48BN3. The molecule has 15 rings (SSSR count). The largest absolute Gasteiger partial charge is 0.311 e. The van der Waals surface area contributed by atoms with Crippen molar-refractivity contribution < 1.29 is 20.6 Å². The molecule has 10 aromatic carbocycles. The summed E-state index contributed by atoms with van der Waals surface area (Å²) in [7, 11) is 0. The fourth-order valence-corrected chi connectivity index (χ4v) is 12.2. The van der Waals surface area contributed by atoms with Crippen LogP contribution in [0.5, 0.6) is 0 Å². The van der Waals surface area contributed by atoms with Crippen molar-refractivity contribution in [3.63, 3.8) is 0 Å². The Kier molecular flexibility index (Phi) is 5.40. The molecule has 326 valence electrons. The van der Waals surface area contributed by atoms with Gasteiger partial charge in [0.25, 0.3) is 6.71 Å². The molecule has 0 saturated carbocycles. The average molecular weight is 897 g/mol. The molecule has 0 N–H and O–H groups in total. The lowest BCUT2D eigenvalue weighted by Crippen LogP contribution is -2.60. The first-order valence-corrected chi connectivity index (χ1v) is 23.3. The summed E-state index contributed by atoms with van der Waals surface area (Å²) >= 11 is 0. The smallest absolute Gasteiger partial charge is 0.252 e. The lowest BCUT2D eigenvalue weighted by atomic mass is 9.33. The third-order valence-electron chi connectivity index (χ3n) is 15.0. The van der Waals surface area contributed by atoms with Gasteiger partial charge in [0.2, 0.25) is 0 Å². The van der Waals surface area contributed by atoms with E-state index in [2.05, 4.69) is 99.0 Å². The number of para-hydroxylation sites is 1. The van der Waals surface area contributed by atoms with Crippen LogP contribution in [0.15, 0.2) is 194 Å². The number of hydrogen-bond acceptors (Lipinski definition) is 1. The second-order valence-corrected chi connectivity index (χ2v) is 19.0. The van der Waals surface area contributed by atoms with E-state index in [-0.39, 0.29) is 16.5 Å². The van der Waals surface area contributed by atoms with Gasteiger partial charge in [-0.25, -0.2) is 0 Å². The summed E-state index contributed by atoms with van der Waals surface area (Å²) in [5.41, 5.74) is 10.6. The van der Waals surface area contributed by atoms with Gasteiger partial charge in [-0.05, 0) is 144 Å². The predicted octanol–water partition coefficient (Wildman–Crippen LogP) is 15.4. The van der Waals surface area contributed by atoms with Crippen LogP contribution in [0.4, 0.5) is 17.1 Å². The van der Waals surface area contributed by atoms with Crippen molar-refractivity contribution in [1.29, 1.82) is 0 Å². The monoisotopic (exact) mass is 896 g/mol. The molecule has 0 fully saturated rings. The molecule has 0 bridgehead atoms. The van der Waals surface area contributed by atoms with E-state index in [0.717, 1.165) is 94.1 Å². The summed E-state index contributed by atoms with van der Waals surface area (Å²) in [5.74, 6) is -1.08. The van der Waals surface area contributed by atoms with Crippen molar-refractivity contribution in [2.24, 2.45) is 0 Å². The molecule has 1 aliphatic carbocycles. The van der Waals surface area contributed by atoms with Gasteiger partial charge in [-0.1, -0.05) is 168 Å². The third-order valence-corrected chi connectivity index (χ3v) is 15.0. The average Bonchev–Trinajstić information content (AvgIpc) is 1.39. The maximum absolute atomic E-state index is 9.42. The zero-order valence-electron chi connectivity index (χ0n) is 52.5. The van der Waals surface area contributed by atoms with Crippen molar-refractivity contribution >= 4 is 94.5 Å². The van der Waals surface area contributed by atoms with E-state index in [4.69, 9.17) is 16.4 Å². The number of anilines is 3. The lowest BCUT2D eigenvalue weighted by Gasteiger charge is -2.41. The molecule has 0 amide bonds. The minimum Gasteiger partial charge on any atom is -0.311 e. The van der Waals surface area contributed by atoms with Crippen molar-refractivity contribution in [2.45, 2.75) is 45.7 Å². The van der Waals surface area contributed by atoms with Gasteiger partial charge in [0, 0.05) is 63.5 Å². The molecule has 0 radical (unpaired) electrons. The van der Waals surface area contributed by atoms with Gasteiger partial charge in [-0.2, -0.15) is 0 Å². The van der Waals surface area contributed by atoms with Gasteiger partial charge >= 0.3 is 0 Å². The zero-order valence-corrected chi connectivity index (χ0v) is 37.5. The van der Waals surface area contributed by atoms with Crippen LogP contribution in [0.2, 0.25) is 0 Å². The molecule has 0 unspecified atom stereocenters. The Balaban J connectivity index is 1.15. The molecule has 12 aromatic rings. The predicted molar refractivity (Wildman–Crippen MR) is 295 cm³/mol. The van der Waals surface area contributed by atoms with E-state index in [1.165, 1.54) is 12.1 Å². The first kappa shape index (κ1) is 27.1. The second-order valence-electron chi connectivity index (χ2n) is 19.0. The molecule has 4 heteroatoms. The molecule has 0 saturated heterocycles. The van der Waals surface area contributed by atoms with Crippen LogP contribution in [-0.4, -0.2) is 15.8 Å². The SMILES string of the molecule is [2H]c1c([2H])c([2H])c(-c2cc3c4c(c2)c2cc(C(C([2H])([2H])[2H])(C([2H])([2H])[2H])C([2H])([2H])[2H])ccc2n4-c2cc(-n4c5cccc6c5c5c7c(cccc7ccc54)-c4ccccc4-6)cc4c2B3c2cc(C([2H])(C)C)ccc2N4c2ccccc2)c([2H])c1[2H]. The summed E-state index contributed by atoms with van der Waals surface area (Å²) < 4.78 is 138. The Labute approximate surface area is 423 Å². The molecule has 3 nitrogen and oxygen atoms in total. The molecule has 0 atom stereocenters. The van der Waals surface area contributed by atoms with Crippen LogP contribution in [0, 0.1) is 0 Å². The van der Waals surface area contributed by atoms with Gasteiger partial charge < -0.3 is 14.0 Å². The quantitative estimate of drug-likeness (QED) is 0.160. The van der Waals surface area contributed by atoms with Crippen LogP contribution in [0.25, 0.3) is 99.1 Å². The molecule has 2 aromatic heterocycles. The van der Waals surface area contributed by atoms with Crippen LogP contribution < -0.4 is 21.3 Å². The highest BCUT2D eigenvalue weighted by molar-refractivity contribution is 7.00. The Bertz CT molecular complexity index is 4870. The second kappa shape index (κ2) is 13.8. The van der Waals surface area contributed by atoms with Crippen LogP contribution in [0.1, 0.15) is 72.0 Å². The summed E-state index contributed by atoms with van der Waals surface area (Å²) in [6.45, 7) is -7.79. The summed E-state index contributed by atoms with van der Waals surface area (Å²) in [6.07, 6.45) is 0. The lowest BCUT2D eigenvalue weighted by molar-refractivity contribution is 0.591. The van der Waals surface area contributed by atoms with E-state index in [0.29, 0.717) is 27.6 Å². The van der Waals surface area contributed by atoms with Gasteiger partial charge in [0.1, 0.15) is 0 Å². The van der Waals surface area contributed by atoms with Crippen LogP contribution in [-0.2, 0) is 5.41 Å². The highest BCUT2D eigenvalue weighted by Gasteiger charge is 2.43. The molecular weight excluding hydrogens is 834 g/mol. The number of benzene rings is 10. The summed E-state index contributed by atoms with van der Waals surface area (Å²) in [6, 6.07) is 51.3. The summed E-state index contributed by atoms with van der Waals surface area (Å²) in [4.78, 5) is 2.23. The van der Waals surface area contributed by atoms with E-state index >= 15 is 0 Å². The molecule has 2 aliphatic heterocycles. The number of aromatic nitrogens is 2. The van der Waals surface area contributed by atoms with Crippen molar-refractivity contribution in [3.05, 3.63) is 205 Å². The minimum absolute atomic E-state index is 0.0976. The fourth-order valence-electron chi connectivity index (χ4n) is 12.2. The van der Waals surface area contributed by atoms with E-state index < -0.39 is 74.4 Å². The number of nitrogens with zero attached hydrogens (tertiary/aromatic N) is 3. The third kappa shape index (κ3) is 5.24. The van der Waals surface area contributed by atoms with E-state index in [1.54, 1.807) is 12.1 Å². The Hall–Kier alpha value is -8.08. The normalized spacial score (nSPS) is 17.2. The zero-order chi connectivity index (χ0) is 58.8. The summed E-state index contributed by atoms with van der Waals surface area (Å²) in [5, 5.41) is 5.07. The first-order chi connectivity index (χ1) is 39.8. The number of fused-ring (bicyclic) bond motifs is 10. The fraction of sp³-hybridized carbons (Fsp3) is 0.108. The molecule has 0 spiro atoms. The van der Waals surface area contributed by atoms with Crippen LogP contribution in [0.3, 0.4) is 0 Å². The maximum atomic E-state index is 9.42.